The predicted octanol–water partition coefficient (Wildman–Crippen LogP) is 1.78. The Labute approximate surface area is 114 Å². The van der Waals surface area contributed by atoms with Crippen LogP contribution in [0.4, 0.5) is 13.2 Å². The summed E-state index contributed by atoms with van der Waals surface area (Å²) in [5, 5.41) is 9.50. The average Bonchev–Trinajstić information content (AvgIpc) is 2.37. The van der Waals surface area contributed by atoms with E-state index in [1.54, 1.807) is 0 Å². The van der Waals surface area contributed by atoms with Crippen molar-refractivity contribution in [2.75, 3.05) is 27.3 Å². The van der Waals surface area contributed by atoms with Crippen LogP contribution in [0.5, 0.6) is 0 Å². The second-order valence-corrected chi connectivity index (χ2v) is 4.37. The lowest BCUT2D eigenvalue weighted by atomic mass is 10.1. The summed E-state index contributed by atoms with van der Waals surface area (Å²) in [4.78, 5) is 13.1. The van der Waals surface area contributed by atoms with Crippen molar-refractivity contribution in [3.05, 3.63) is 35.4 Å². The molecule has 0 saturated carbocycles. The van der Waals surface area contributed by atoms with Gasteiger partial charge < -0.3 is 14.7 Å². The van der Waals surface area contributed by atoms with Gasteiger partial charge in [-0.15, -0.1) is 0 Å². The molecule has 1 aromatic carbocycles. The van der Waals surface area contributed by atoms with Crippen LogP contribution in [-0.2, 0) is 10.9 Å². The Morgan fingerprint density at radius 1 is 1.45 bits per heavy atom. The van der Waals surface area contributed by atoms with Gasteiger partial charge in [0.2, 0.25) is 0 Å². The van der Waals surface area contributed by atoms with Crippen LogP contribution < -0.4 is 0 Å². The van der Waals surface area contributed by atoms with E-state index in [1.165, 1.54) is 26.3 Å². The molecule has 1 unspecified atom stereocenters. The third-order valence-corrected chi connectivity index (χ3v) is 2.63. The van der Waals surface area contributed by atoms with Gasteiger partial charge in [0.05, 0.1) is 18.3 Å². The monoisotopic (exact) mass is 291 g/mol. The van der Waals surface area contributed by atoms with Crippen molar-refractivity contribution in [1.29, 1.82) is 0 Å². The Hall–Kier alpha value is -1.60. The van der Waals surface area contributed by atoms with Crippen LogP contribution in [0.25, 0.3) is 0 Å². The number of benzene rings is 1. The minimum atomic E-state index is -4.50. The van der Waals surface area contributed by atoms with Crippen molar-refractivity contribution in [2.24, 2.45) is 0 Å². The summed E-state index contributed by atoms with van der Waals surface area (Å²) in [5.74, 6) is -0.591. The second kappa shape index (κ2) is 6.71. The lowest BCUT2D eigenvalue weighted by Gasteiger charge is -2.21. The number of halogens is 3. The van der Waals surface area contributed by atoms with Crippen LogP contribution in [0.1, 0.15) is 15.9 Å². The molecular formula is C13H16F3NO3. The maximum atomic E-state index is 12.6. The summed E-state index contributed by atoms with van der Waals surface area (Å²) in [7, 11) is 2.80. The molecule has 0 aliphatic heterocycles. The Morgan fingerprint density at radius 3 is 2.65 bits per heavy atom. The third kappa shape index (κ3) is 4.50. The molecule has 1 aromatic rings. The van der Waals surface area contributed by atoms with E-state index in [9.17, 15) is 23.1 Å². The number of nitrogens with zero attached hydrogens (tertiary/aromatic N) is 1. The molecular weight excluding hydrogens is 275 g/mol. The number of carbonyl (C=O) groups excluding carboxylic acids is 1. The van der Waals surface area contributed by atoms with Gasteiger partial charge >= 0.3 is 6.18 Å². The summed E-state index contributed by atoms with van der Waals surface area (Å²) < 4.78 is 42.4. The number of amides is 1. The Kier molecular flexibility index (Phi) is 5.52. The number of methoxy groups -OCH3 is 1. The Bertz CT molecular complexity index is 462. The lowest BCUT2D eigenvalue weighted by molar-refractivity contribution is -0.137. The van der Waals surface area contributed by atoms with E-state index in [4.69, 9.17) is 4.74 Å². The summed E-state index contributed by atoms with van der Waals surface area (Å²) in [6.07, 6.45) is -5.38. The molecule has 1 N–H and O–H groups in total. The first kappa shape index (κ1) is 16.5. The molecule has 1 amide bonds. The minimum absolute atomic E-state index is 0.0249. The number of ether oxygens (including phenoxy) is 1. The van der Waals surface area contributed by atoms with E-state index >= 15 is 0 Å². The number of hydrogen-bond acceptors (Lipinski definition) is 3. The molecule has 112 valence electrons. The SMILES string of the molecule is COCC(O)CN(C)C(=O)c1cccc(C(F)(F)F)c1. The van der Waals surface area contributed by atoms with E-state index in [2.05, 4.69) is 0 Å². The van der Waals surface area contributed by atoms with Gasteiger partial charge in [-0.1, -0.05) is 6.07 Å². The molecule has 1 rings (SSSR count). The van der Waals surface area contributed by atoms with Crippen molar-refractivity contribution in [3.63, 3.8) is 0 Å². The predicted molar refractivity (Wildman–Crippen MR) is 66.3 cm³/mol. The fourth-order valence-corrected chi connectivity index (χ4v) is 1.69. The molecule has 0 aliphatic rings. The number of rotatable bonds is 5. The van der Waals surface area contributed by atoms with Crippen LogP contribution in [0, 0.1) is 0 Å². The van der Waals surface area contributed by atoms with Crippen LogP contribution in [-0.4, -0.2) is 49.3 Å². The highest BCUT2D eigenvalue weighted by Gasteiger charge is 2.31. The number of likely N-dealkylation sites (N-methyl/N-ethyl adjacent to an activating group) is 1. The van der Waals surface area contributed by atoms with E-state index < -0.39 is 23.8 Å². The summed E-state index contributed by atoms with van der Waals surface area (Å²) in [5.41, 5.74) is -0.957. The van der Waals surface area contributed by atoms with Gasteiger partial charge in [0, 0.05) is 26.3 Å². The van der Waals surface area contributed by atoms with Crippen molar-refractivity contribution in [1.82, 2.24) is 4.90 Å². The summed E-state index contributed by atoms with van der Waals surface area (Å²) in [6, 6.07) is 4.17. The standard InChI is InChI=1S/C13H16F3NO3/c1-17(7-11(18)8-20-2)12(19)9-4-3-5-10(6-9)13(14,15)16/h3-6,11,18H,7-8H2,1-2H3. The van der Waals surface area contributed by atoms with Gasteiger partial charge in [-0.2, -0.15) is 13.2 Å². The maximum absolute atomic E-state index is 12.6. The van der Waals surface area contributed by atoms with Gasteiger partial charge in [0.15, 0.2) is 0 Å². The number of aliphatic hydroxyl groups excluding tert-OH is 1. The highest BCUT2D eigenvalue weighted by molar-refractivity contribution is 5.94. The number of aliphatic hydroxyl groups is 1. The fraction of sp³-hybridized carbons (Fsp3) is 0.462. The molecule has 4 nitrogen and oxygen atoms in total. The van der Waals surface area contributed by atoms with E-state index in [0.29, 0.717) is 0 Å². The average molecular weight is 291 g/mol. The number of carbonyl (C=O) groups is 1. The van der Waals surface area contributed by atoms with Crippen LogP contribution in [0.2, 0.25) is 0 Å². The van der Waals surface area contributed by atoms with E-state index in [1.807, 2.05) is 0 Å². The Morgan fingerprint density at radius 2 is 2.10 bits per heavy atom. The fourth-order valence-electron chi connectivity index (χ4n) is 1.69. The van der Waals surface area contributed by atoms with Crippen LogP contribution in [0.3, 0.4) is 0 Å². The van der Waals surface area contributed by atoms with Crippen molar-refractivity contribution >= 4 is 5.91 Å². The second-order valence-electron chi connectivity index (χ2n) is 4.37. The van der Waals surface area contributed by atoms with Crippen molar-refractivity contribution in [2.45, 2.75) is 12.3 Å². The minimum Gasteiger partial charge on any atom is -0.389 e. The van der Waals surface area contributed by atoms with Gasteiger partial charge in [-0.25, -0.2) is 0 Å². The zero-order valence-electron chi connectivity index (χ0n) is 11.1. The van der Waals surface area contributed by atoms with Gasteiger partial charge in [-0.05, 0) is 18.2 Å². The third-order valence-electron chi connectivity index (χ3n) is 2.63. The maximum Gasteiger partial charge on any atom is 0.416 e. The molecule has 7 heteroatoms. The van der Waals surface area contributed by atoms with Gasteiger partial charge in [0.1, 0.15) is 0 Å². The highest BCUT2D eigenvalue weighted by atomic mass is 19.4. The molecule has 1 atom stereocenters. The normalized spacial score (nSPS) is 13.1. The molecule has 20 heavy (non-hydrogen) atoms. The molecule has 0 bridgehead atoms. The largest absolute Gasteiger partial charge is 0.416 e. The quantitative estimate of drug-likeness (QED) is 0.899. The summed E-state index contributed by atoms with van der Waals surface area (Å²) in [6.45, 7) is 0.0170. The molecule has 0 saturated heterocycles. The molecule has 0 spiro atoms. The zero-order chi connectivity index (χ0) is 15.3. The van der Waals surface area contributed by atoms with Crippen molar-refractivity contribution in [3.8, 4) is 0 Å². The van der Waals surface area contributed by atoms with Crippen molar-refractivity contribution < 1.29 is 27.8 Å². The first-order chi connectivity index (χ1) is 9.25. The number of alkyl halides is 3. The summed E-state index contributed by atoms with van der Waals surface area (Å²) >= 11 is 0. The molecule has 0 aliphatic carbocycles. The first-order valence-electron chi connectivity index (χ1n) is 5.85. The highest BCUT2D eigenvalue weighted by Crippen LogP contribution is 2.29. The number of hydrogen-bond donors (Lipinski definition) is 1. The van der Waals surface area contributed by atoms with Gasteiger partial charge in [0.25, 0.3) is 5.91 Å². The molecule has 0 heterocycles. The molecule has 0 fully saturated rings. The lowest BCUT2D eigenvalue weighted by Crippen LogP contribution is -2.36. The van der Waals surface area contributed by atoms with Gasteiger partial charge in [-0.3, -0.25) is 4.79 Å². The topological polar surface area (TPSA) is 49.8 Å². The van der Waals surface area contributed by atoms with E-state index in [-0.39, 0.29) is 18.7 Å². The van der Waals surface area contributed by atoms with Crippen LogP contribution in [0.15, 0.2) is 24.3 Å². The zero-order valence-corrected chi connectivity index (χ0v) is 11.1. The molecule has 0 aromatic heterocycles. The molecule has 0 radical (unpaired) electrons. The first-order valence-corrected chi connectivity index (χ1v) is 5.85. The van der Waals surface area contributed by atoms with Crippen LogP contribution >= 0.6 is 0 Å². The Balaban J connectivity index is 2.82. The smallest absolute Gasteiger partial charge is 0.389 e. The van der Waals surface area contributed by atoms with E-state index in [0.717, 1.165) is 17.0 Å².